The highest BCUT2D eigenvalue weighted by Crippen LogP contribution is 2.32. The van der Waals surface area contributed by atoms with E-state index in [1.54, 1.807) is 37.5 Å². The standard InChI is InChI=1S/C23H24N4O4S/c1-4-19(21(28)24-15-9-7-14(8-10-15)23(29)30-6-3)32-22-17-13-18-16(11-12-31-18)27(17)20(5-2)25-26-22/h7-13,19H,4-6H2,1-3H3,(H,24,28)/t19-/m0/s1. The summed E-state index contributed by atoms with van der Waals surface area (Å²) in [4.78, 5) is 24.8. The Morgan fingerprint density at radius 1 is 1.12 bits per heavy atom. The molecule has 0 unspecified atom stereocenters. The van der Waals surface area contributed by atoms with Gasteiger partial charge >= 0.3 is 5.97 Å². The number of amides is 1. The molecule has 1 N–H and O–H groups in total. The third-order valence-corrected chi connectivity index (χ3v) is 6.40. The number of benzene rings is 1. The van der Waals surface area contributed by atoms with Crippen molar-refractivity contribution >= 4 is 45.9 Å². The van der Waals surface area contributed by atoms with Crippen molar-refractivity contribution in [3.8, 4) is 0 Å². The van der Waals surface area contributed by atoms with Gasteiger partial charge in [-0.05, 0) is 37.6 Å². The molecule has 0 fully saturated rings. The van der Waals surface area contributed by atoms with Crippen LogP contribution in [0.25, 0.3) is 16.6 Å². The predicted molar refractivity (Wildman–Crippen MR) is 123 cm³/mol. The van der Waals surface area contributed by atoms with Gasteiger partial charge in [0.25, 0.3) is 0 Å². The molecule has 9 heteroatoms. The van der Waals surface area contributed by atoms with Crippen LogP contribution in [0.5, 0.6) is 0 Å². The van der Waals surface area contributed by atoms with Crippen molar-refractivity contribution in [2.75, 3.05) is 11.9 Å². The lowest BCUT2D eigenvalue weighted by Gasteiger charge is -2.15. The number of carbonyl (C=O) groups is 2. The normalized spacial score (nSPS) is 12.2. The van der Waals surface area contributed by atoms with E-state index in [9.17, 15) is 9.59 Å². The lowest BCUT2D eigenvalue weighted by Crippen LogP contribution is -2.25. The summed E-state index contributed by atoms with van der Waals surface area (Å²) in [6, 6.07) is 10.5. The topological polar surface area (TPSA) is 98.7 Å². The summed E-state index contributed by atoms with van der Waals surface area (Å²) < 4.78 is 12.6. The Morgan fingerprint density at radius 3 is 2.59 bits per heavy atom. The minimum absolute atomic E-state index is 0.142. The molecule has 1 amide bonds. The zero-order valence-corrected chi connectivity index (χ0v) is 18.9. The van der Waals surface area contributed by atoms with Gasteiger partial charge in [0.05, 0.1) is 34.7 Å². The van der Waals surface area contributed by atoms with E-state index in [1.165, 1.54) is 11.8 Å². The van der Waals surface area contributed by atoms with Crippen LogP contribution in [0.1, 0.15) is 43.4 Å². The van der Waals surface area contributed by atoms with Gasteiger partial charge in [0.15, 0.2) is 5.58 Å². The number of rotatable bonds is 8. The second-order valence-corrected chi connectivity index (χ2v) is 8.30. The Hall–Kier alpha value is -3.33. The number of hydrogen-bond acceptors (Lipinski definition) is 7. The second kappa shape index (κ2) is 9.44. The van der Waals surface area contributed by atoms with Gasteiger partial charge < -0.3 is 14.5 Å². The molecule has 0 aliphatic rings. The molecule has 3 heterocycles. The molecule has 8 nitrogen and oxygen atoms in total. The summed E-state index contributed by atoms with van der Waals surface area (Å²) in [7, 11) is 0. The summed E-state index contributed by atoms with van der Waals surface area (Å²) in [6.45, 7) is 6.05. The van der Waals surface area contributed by atoms with Crippen LogP contribution in [0, 0.1) is 0 Å². The molecule has 4 aromatic rings. The number of carbonyl (C=O) groups excluding carboxylic acids is 2. The number of esters is 1. The molecule has 1 aromatic carbocycles. The maximum atomic E-state index is 13.0. The maximum absolute atomic E-state index is 13.0. The number of aryl methyl sites for hydroxylation is 1. The van der Waals surface area contributed by atoms with Crippen LogP contribution in [0.3, 0.4) is 0 Å². The fourth-order valence-corrected chi connectivity index (χ4v) is 4.42. The van der Waals surface area contributed by atoms with Crippen LogP contribution in [-0.4, -0.2) is 38.3 Å². The van der Waals surface area contributed by atoms with Crippen molar-refractivity contribution in [3.63, 3.8) is 0 Å². The minimum atomic E-state index is -0.386. The number of aromatic nitrogens is 3. The smallest absolute Gasteiger partial charge is 0.338 e. The van der Waals surface area contributed by atoms with Crippen molar-refractivity contribution < 1.29 is 18.7 Å². The molecule has 0 aliphatic carbocycles. The third-order valence-electron chi connectivity index (χ3n) is 5.05. The number of furan rings is 1. The van der Waals surface area contributed by atoms with E-state index in [0.717, 1.165) is 28.9 Å². The fraction of sp³-hybridized carbons (Fsp3) is 0.304. The van der Waals surface area contributed by atoms with Gasteiger partial charge in [0.1, 0.15) is 10.9 Å². The molecule has 0 radical (unpaired) electrons. The number of nitrogens with zero attached hydrogens (tertiary/aromatic N) is 3. The van der Waals surface area contributed by atoms with E-state index < -0.39 is 0 Å². The first-order valence-corrected chi connectivity index (χ1v) is 11.4. The van der Waals surface area contributed by atoms with Crippen molar-refractivity contribution in [1.29, 1.82) is 0 Å². The molecule has 4 rings (SSSR count). The summed E-state index contributed by atoms with van der Waals surface area (Å²) in [5.41, 5.74) is 3.63. The highest BCUT2D eigenvalue weighted by Gasteiger charge is 2.23. The van der Waals surface area contributed by atoms with Gasteiger partial charge in [-0.1, -0.05) is 25.6 Å². The number of fused-ring (bicyclic) bond motifs is 3. The first kappa shape index (κ1) is 21.9. The first-order chi connectivity index (χ1) is 15.5. The van der Waals surface area contributed by atoms with Gasteiger partial charge in [-0.25, -0.2) is 4.79 Å². The van der Waals surface area contributed by atoms with E-state index in [2.05, 4.69) is 15.5 Å². The van der Waals surface area contributed by atoms with Gasteiger partial charge in [-0.2, -0.15) is 0 Å². The molecule has 3 aromatic heterocycles. The van der Waals surface area contributed by atoms with Crippen LogP contribution in [0.2, 0.25) is 0 Å². The van der Waals surface area contributed by atoms with Crippen molar-refractivity contribution in [3.05, 3.63) is 54.0 Å². The average molecular weight is 453 g/mol. The Kier molecular flexibility index (Phi) is 6.45. The molecule has 166 valence electrons. The van der Waals surface area contributed by atoms with Gasteiger partial charge in [-0.3, -0.25) is 9.20 Å². The quantitative estimate of drug-likeness (QED) is 0.305. The first-order valence-electron chi connectivity index (χ1n) is 10.5. The SMILES string of the molecule is CCOC(=O)c1ccc(NC(=O)[C@H](CC)Sc2nnc(CC)n3c2cc2occc23)cc1. The van der Waals surface area contributed by atoms with Crippen LogP contribution < -0.4 is 5.32 Å². The van der Waals surface area contributed by atoms with E-state index >= 15 is 0 Å². The highest BCUT2D eigenvalue weighted by molar-refractivity contribution is 8.00. The highest BCUT2D eigenvalue weighted by atomic mass is 32.2. The summed E-state index contributed by atoms with van der Waals surface area (Å²) in [6.07, 6.45) is 2.99. The molecule has 0 saturated heterocycles. The van der Waals surface area contributed by atoms with E-state index in [1.807, 2.05) is 30.4 Å². The lowest BCUT2D eigenvalue weighted by atomic mass is 10.2. The summed E-state index contributed by atoms with van der Waals surface area (Å²) in [5.74, 6) is 0.305. The van der Waals surface area contributed by atoms with E-state index in [4.69, 9.17) is 9.15 Å². The number of hydrogen-bond donors (Lipinski definition) is 1. The van der Waals surface area contributed by atoms with Crippen molar-refractivity contribution in [2.24, 2.45) is 0 Å². The maximum Gasteiger partial charge on any atom is 0.338 e. The van der Waals surface area contributed by atoms with Crippen molar-refractivity contribution in [2.45, 2.75) is 43.9 Å². The molecule has 32 heavy (non-hydrogen) atoms. The van der Waals surface area contributed by atoms with Crippen molar-refractivity contribution in [1.82, 2.24) is 14.6 Å². The molecule has 0 saturated carbocycles. The van der Waals surface area contributed by atoms with E-state index in [0.29, 0.717) is 29.3 Å². The van der Waals surface area contributed by atoms with Crippen LogP contribution in [0.15, 0.2) is 52.1 Å². The average Bonchev–Trinajstić information content (AvgIpc) is 3.40. The zero-order valence-electron chi connectivity index (χ0n) is 18.1. The van der Waals surface area contributed by atoms with Gasteiger partial charge in [-0.15, -0.1) is 10.2 Å². The third kappa shape index (κ3) is 4.20. The van der Waals surface area contributed by atoms with Crippen LogP contribution >= 0.6 is 11.8 Å². The number of thioether (sulfide) groups is 1. The summed E-state index contributed by atoms with van der Waals surface area (Å²) >= 11 is 1.38. The monoisotopic (exact) mass is 452 g/mol. The molecule has 0 bridgehead atoms. The number of ether oxygens (including phenoxy) is 1. The molecule has 0 aliphatic heterocycles. The Balaban J connectivity index is 1.54. The zero-order chi connectivity index (χ0) is 22.7. The Labute approximate surface area is 189 Å². The molecular formula is C23H24N4O4S. The van der Waals surface area contributed by atoms with Gasteiger partial charge in [0, 0.05) is 24.2 Å². The Bertz CT molecular complexity index is 1260. The molecular weight excluding hydrogens is 428 g/mol. The molecule has 1 atom stereocenters. The molecule has 0 spiro atoms. The largest absolute Gasteiger partial charge is 0.463 e. The lowest BCUT2D eigenvalue weighted by molar-refractivity contribution is -0.115. The van der Waals surface area contributed by atoms with E-state index in [-0.39, 0.29) is 17.1 Å². The summed E-state index contributed by atoms with van der Waals surface area (Å²) in [5, 5.41) is 12.0. The minimum Gasteiger partial charge on any atom is -0.463 e. The van der Waals surface area contributed by atoms with Crippen LogP contribution in [0.4, 0.5) is 5.69 Å². The fourth-order valence-electron chi connectivity index (χ4n) is 3.46. The van der Waals surface area contributed by atoms with Crippen LogP contribution in [-0.2, 0) is 16.0 Å². The Morgan fingerprint density at radius 2 is 1.91 bits per heavy atom. The second-order valence-electron chi connectivity index (χ2n) is 7.11. The van der Waals surface area contributed by atoms with Gasteiger partial charge in [0.2, 0.25) is 5.91 Å². The number of nitrogens with one attached hydrogen (secondary N) is 1. The number of anilines is 1. The predicted octanol–water partition coefficient (Wildman–Crippen LogP) is 4.72.